The lowest BCUT2D eigenvalue weighted by Gasteiger charge is -2.34. The molecule has 1 fully saturated rings. The zero-order valence-electron chi connectivity index (χ0n) is 7.35. The highest BCUT2D eigenvalue weighted by atomic mass is 14.9. The first-order chi connectivity index (χ1) is 4.75. The van der Waals surface area contributed by atoms with Crippen LogP contribution in [0.2, 0.25) is 0 Å². The van der Waals surface area contributed by atoms with Crippen molar-refractivity contribution in [1.82, 2.24) is 5.32 Å². The fourth-order valence-electron chi connectivity index (χ4n) is 1.93. The molecular formula is C9H19N. The van der Waals surface area contributed by atoms with E-state index in [2.05, 4.69) is 26.1 Å². The first-order valence-corrected chi connectivity index (χ1v) is 4.49. The average Bonchev–Trinajstić information content (AvgIpc) is 1.95. The standard InChI is InChI=1S/C9H19N/c1-4-9-5-6-10-8(3)7(9)2/h7-10H,4-6H2,1-3H3. The van der Waals surface area contributed by atoms with Crippen molar-refractivity contribution in [2.24, 2.45) is 11.8 Å². The maximum Gasteiger partial charge on any atom is 0.00670 e. The second-order valence-electron chi connectivity index (χ2n) is 3.56. The Hall–Kier alpha value is -0.0400. The van der Waals surface area contributed by atoms with Crippen LogP contribution in [0.3, 0.4) is 0 Å². The van der Waals surface area contributed by atoms with Crippen LogP contribution in [0.25, 0.3) is 0 Å². The Kier molecular flexibility index (Phi) is 2.72. The van der Waals surface area contributed by atoms with Crippen LogP contribution in [0.4, 0.5) is 0 Å². The quantitative estimate of drug-likeness (QED) is 0.589. The topological polar surface area (TPSA) is 12.0 Å². The van der Waals surface area contributed by atoms with Crippen molar-refractivity contribution in [3.05, 3.63) is 0 Å². The van der Waals surface area contributed by atoms with Gasteiger partial charge < -0.3 is 5.32 Å². The molecule has 1 saturated heterocycles. The summed E-state index contributed by atoms with van der Waals surface area (Å²) in [7, 11) is 0. The van der Waals surface area contributed by atoms with E-state index in [1.807, 2.05) is 0 Å². The van der Waals surface area contributed by atoms with E-state index in [4.69, 9.17) is 0 Å². The molecule has 3 unspecified atom stereocenters. The normalized spacial score (nSPS) is 41.7. The smallest absolute Gasteiger partial charge is 0.00670 e. The Bertz CT molecular complexity index is 101. The highest BCUT2D eigenvalue weighted by Gasteiger charge is 2.24. The van der Waals surface area contributed by atoms with Crippen molar-refractivity contribution >= 4 is 0 Å². The van der Waals surface area contributed by atoms with E-state index >= 15 is 0 Å². The molecule has 0 spiro atoms. The second kappa shape index (κ2) is 3.38. The number of hydrogen-bond donors (Lipinski definition) is 1. The number of hydrogen-bond acceptors (Lipinski definition) is 1. The lowest BCUT2D eigenvalue weighted by Crippen LogP contribution is -2.42. The van der Waals surface area contributed by atoms with Crippen molar-refractivity contribution in [3.63, 3.8) is 0 Å². The molecule has 10 heavy (non-hydrogen) atoms. The SMILES string of the molecule is CCC1CCNC(C)C1C. The summed E-state index contributed by atoms with van der Waals surface area (Å²) in [6, 6.07) is 0.735. The van der Waals surface area contributed by atoms with Gasteiger partial charge in [0.2, 0.25) is 0 Å². The fourth-order valence-corrected chi connectivity index (χ4v) is 1.93. The zero-order chi connectivity index (χ0) is 7.56. The maximum absolute atomic E-state index is 3.50. The summed E-state index contributed by atoms with van der Waals surface area (Å²) >= 11 is 0. The van der Waals surface area contributed by atoms with E-state index in [-0.39, 0.29) is 0 Å². The molecular weight excluding hydrogens is 122 g/mol. The Morgan fingerprint density at radius 3 is 2.60 bits per heavy atom. The van der Waals surface area contributed by atoms with Gasteiger partial charge in [0.25, 0.3) is 0 Å². The molecule has 60 valence electrons. The summed E-state index contributed by atoms with van der Waals surface area (Å²) in [5.41, 5.74) is 0. The van der Waals surface area contributed by atoms with Gasteiger partial charge >= 0.3 is 0 Å². The summed E-state index contributed by atoms with van der Waals surface area (Å²) in [6.45, 7) is 8.20. The average molecular weight is 141 g/mol. The lowest BCUT2D eigenvalue weighted by molar-refractivity contribution is 0.211. The van der Waals surface area contributed by atoms with E-state index in [0.29, 0.717) is 0 Å². The molecule has 0 aromatic heterocycles. The first-order valence-electron chi connectivity index (χ1n) is 4.49. The zero-order valence-corrected chi connectivity index (χ0v) is 7.35. The van der Waals surface area contributed by atoms with Gasteiger partial charge in [-0.25, -0.2) is 0 Å². The van der Waals surface area contributed by atoms with Crippen molar-refractivity contribution in [1.29, 1.82) is 0 Å². The van der Waals surface area contributed by atoms with Gasteiger partial charge in [0.15, 0.2) is 0 Å². The van der Waals surface area contributed by atoms with Crippen molar-refractivity contribution in [2.45, 2.75) is 39.7 Å². The van der Waals surface area contributed by atoms with Gasteiger partial charge in [-0.1, -0.05) is 20.3 Å². The number of rotatable bonds is 1. The first kappa shape index (κ1) is 8.06. The Labute approximate surface area is 64.2 Å². The molecule has 0 radical (unpaired) electrons. The Morgan fingerprint density at radius 1 is 1.40 bits per heavy atom. The van der Waals surface area contributed by atoms with Gasteiger partial charge in [0.1, 0.15) is 0 Å². The van der Waals surface area contributed by atoms with Gasteiger partial charge in [0, 0.05) is 6.04 Å². The molecule has 1 aliphatic heterocycles. The van der Waals surface area contributed by atoms with Gasteiger partial charge in [-0.05, 0) is 31.7 Å². The van der Waals surface area contributed by atoms with Gasteiger partial charge in [-0.3, -0.25) is 0 Å². The third-order valence-electron chi connectivity index (χ3n) is 3.04. The molecule has 1 aliphatic rings. The van der Waals surface area contributed by atoms with E-state index in [0.717, 1.165) is 17.9 Å². The van der Waals surface area contributed by atoms with Crippen LogP contribution in [0.15, 0.2) is 0 Å². The summed E-state index contributed by atoms with van der Waals surface area (Å²) in [4.78, 5) is 0. The molecule has 0 bridgehead atoms. The highest BCUT2D eigenvalue weighted by molar-refractivity contribution is 4.80. The van der Waals surface area contributed by atoms with Crippen LogP contribution < -0.4 is 5.32 Å². The summed E-state index contributed by atoms with van der Waals surface area (Å²) in [5, 5.41) is 3.50. The fraction of sp³-hybridized carbons (Fsp3) is 1.00. The molecule has 1 N–H and O–H groups in total. The van der Waals surface area contributed by atoms with Crippen LogP contribution >= 0.6 is 0 Å². The predicted molar refractivity (Wildman–Crippen MR) is 45.0 cm³/mol. The van der Waals surface area contributed by atoms with E-state index in [1.165, 1.54) is 19.4 Å². The predicted octanol–water partition coefficient (Wildman–Crippen LogP) is 2.03. The molecule has 0 saturated carbocycles. The summed E-state index contributed by atoms with van der Waals surface area (Å²) < 4.78 is 0. The van der Waals surface area contributed by atoms with Gasteiger partial charge in [-0.15, -0.1) is 0 Å². The molecule has 3 atom stereocenters. The molecule has 1 heterocycles. The summed E-state index contributed by atoms with van der Waals surface area (Å²) in [5.74, 6) is 1.84. The summed E-state index contributed by atoms with van der Waals surface area (Å²) in [6.07, 6.45) is 2.73. The van der Waals surface area contributed by atoms with Crippen molar-refractivity contribution in [3.8, 4) is 0 Å². The third-order valence-corrected chi connectivity index (χ3v) is 3.04. The van der Waals surface area contributed by atoms with E-state index < -0.39 is 0 Å². The van der Waals surface area contributed by atoms with Crippen LogP contribution in [-0.2, 0) is 0 Å². The van der Waals surface area contributed by atoms with Crippen molar-refractivity contribution < 1.29 is 0 Å². The Morgan fingerprint density at radius 2 is 2.10 bits per heavy atom. The molecule has 0 amide bonds. The largest absolute Gasteiger partial charge is 0.314 e. The Balaban J connectivity index is 2.42. The maximum atomic E-state index is 3.50. The van der Waals surface area contributed by atoms with Crippen LogP contribution in [0.1, 0.15) is 33.6 Å². The molecule has 0 aliphatic carbocycles. The minimum absolute atomic E-state index is 0.735. The number of nitrogens with one attached hydrogen (secondary N) is 1. The van der Waals surface area contributed by atoms with Crippen LogP contribution in [0, 0.1) is 11.8 Å². The highest BCUT2D eigenvalue weighted by Crippen LogP contribution is 2.25. The van der Waals surface area contributed by atoms with E-state index in [9.17, 15) is 0 Å². The number of piperidine rings is 1. The molecule has 1 rings (SSSR count). The minimum atomic E-state index is 0.735. The van der Waals surface area contributed by atoms with Gasteiger partial charge in [-0.2, -0.15) is 0 Å². The molecule has 1 heteroatoms. The molecule has 1 nitrogen and oxygen atoms in total. The lowest BCUT2D eigenvalue weighted by atomic mass is 9.81. The van der Waals surface area contributed by atoms with Crippen molar-refractivity contribution in [2.75, 3.05) is 6.54 Å². The molecule has 0 aromatic rings. The van der Waals surface area contributed by atoms with E-state index in [1.54, 1.807) is 0 Å². The molecule has 0 aromatic carbocycles. The third kappa shape index (κ3) is 1.51. The monoisotopic (exact) mass is 141 g/mol. The van der Waals surface area contributed by atoms with Crippen LogP contribution in [-0.4, -0.2) is 12.6 Å². The minimum Gasteiger partial charge on any atom is -0.314 e. The second-order valence-corrected chi connectivity index (χ2v) is 3.56. The van der Waals surface area contributed by atoms with Crippen LogP contribution in [0.5, 0.6) is 0 Å². The van der Waals surface area contributed by atoms with Gasteiger partial charge in [0.05, 0.1) is 0 Å².